The maximum atomic E-state index is 15.5. The molecule has 2 aliphatic carbocycles. The summed E-state index contributed by atoms with van der Waals surface area (Å²) in [5.41, 5.74) is 4.48. The van der Waals surface area contributed by atoms with E-state index in [2.05, 4.69) is 5.43 Å². The molecule has 2 saturated heterocycles. The summed E-state index contributed by atoms with van der Waals surface area (Å²) in [5, 5.41) is 22.3. The molecular weight excluding hydrogens is 872 g/mol. The van der Waals surface area contributed by atoms with Gasteiger partial charge in [0.15, 0.2) is 11.5 Å². The zero-order chi connectivity index (χ0) is 39.6. The third-order valence-corrected chi connectivity index (χ3v) is 13.2. The number of hydrazine groups is 1. The summed E-state index contributed by atoms with van der Waals surface area (Å²) in [5.74, 6) is -4.74. The molecule has 6 unspecified atom stereocenters. The Balaban J connectivity index is 1.29. The van der Waals surface area contributed by atoms with Crippen LogP contribution in [0.2, 0.25) is 10.0 Å². The number of halogens is 3. The summed E-state index contributed by atoms with van der Waals surface area (Å²) in [4.78, 5) is 60.4. The number of ether oxygens (including phenoxy) is 2. The summed E-state index contributed by atoms with van der Waals surface area (Å²) in [6.07, 6.45) is 2.74. The molecule has 2 aliphatic heterocycles. The number of imide groups is 2. The largest absolute Gasteiger partial charge is 0.508 e. The van der Waals surface area contributed by atoms with Crippen molar-refractivity contribution in [3.63, 3.8) is 0 Å². The fourth-order valence-corrected chi connectivity index (χ4v) is 10.4. The molecule has 0 bridgehead atoms. The standard InChI is InChI=1S/C42H36Cl2IN3O8/c1-55-26-10-5-23(6-11-26)42-30(39(52)48(41(42)54)46-33-14-7-24(43)19-31(33)44)20-29-27(36(42)22-17-32(45)37(50)34(18-22)56-2)12-13-28-35(29)40(53)47(38(28)51)16-15-21-3-8-25(49)9-4-21/h3-12,14,17-19,28-30,35-36,46,49-50H,13,15-16,20H2,1-2H3. The number of likely N-dealkylation sites (tertiary alicyclic amines) is 1. The molecule has 3 fully saturated rings. The van der Waals surface area contributed by atoms with E-state index in [0.29, 0.717) is 31.9 Å². The minimum atomic E-state index is -1.57. The molecule has 4 aromatic carbocycles. The summed E-state index contributed by atoms with van der Waals surface area (Å²) in [7, 11) is 2.98. The number of carbonyl (C=O) groups is 4. The number of hydrogen-bond acceptors (Lipinski definition) is 9. The highest BCUT2D eigenvalue weighted by Crippen LogP contribution is 2.64. The first-order valence-corrected chi connectivity index (χ1v) is 19.9. The van der Waals surface area contributed by atoms with Crippen molar-refractivity contribution < 1.29 is 38.9 Å². The number of methoxy groups -OCH3 is 2. The summed E-state index contributed by atoms with van der Waals surface area (Å²) in [6.45, 7) is 0.157. The lowest BCUT2D eigenvalue weighted by molar-refractivity contribution is -0.141. The van der Waals surface area contributed by atoms with Gasteiger partial charge in [-0.05, 0) is 119 Å². The number of nitrogens with one attached hydrogen (secondary N) is 1. The molecule has 14 heteroatoms. The van der Waals surface area contributed by atoms with Crippen LogP contribution in [0.15, 0.2) is 90.5 Å². The topological polar surface area (TPSA) is 146 Å². The SMILES string of the molecule is COc1ccc(C23C(=O)N(Nc4ccc(Cl)cc4Cl)C(=O)C2CC2C(=CCC4C(=O)N(CCc5ccc(O)cc5)C(=O)C42)C3c2cc(I)c(O)c(OC)c2)cc1. The van der Waals surface area contributed by atoms with E-state index in [1.54, 1.807) is 72.8 Å². The maximum Gasteiger partial charge on any atom is 0.260 e. The van der Waals surface area contributed by atoms with Gasteiger partial charge in [0, 0.05) is 17.5 Å². The molecule has 0 spiro atoms. The predicted octanol–water partition coefficient (Wildman–Crippen LogP) is 7.25. The molecule has 56 heavy (non-hydrogen) atoms. The van der Waals surface area contributed by atoms with E-state index >= 15 is 4.79 Å². The molecule has 4 amide bonds. The fourth-order valence-electron chi connectivity index (χ4n) is 9.32. The molecule has 4 aliphatic rings. The average molecular weight is 909 g/mol. The van der Waals surface area contributed by atoms with Gasteiger partial charge in [0.05, 0.1) is 51.7 Å². The number of aromatic hydroxyl groups is 2. The maximum absolute atomic E-state index is 15.5. The Kier molecular flexibility index (Phi) is 9.94. The van der Waals surface area contributed by atoms with Gasteiger partial charge in [-0.3, -0.25) is 29.5 Å². The van der Waals surface area contributed by atoms with Crippen LogP contribution in [0, 0.1) is 27.2 Å². The van der Waals surface area contributed by atoms with Crippen LogP contribution in [0.25, 0.3) is 0 Å². The van der Waals surface area contributed by atoms with Crippen LogP contribution in [-0.4, -0.2) is 64.5 Å². The first-order valence-electron chi connectivity index (χ1n) is 18.0. The highest BCUT2D eigenvalue weighted by molar-refractivity contribution is 14.1. The Bertz CT molecular complexity index is 2320. The third kappa shape index (κ3) is 5.99. The van der Waals surface area contributed by atoms with Crippen molar-refractivity contribution in [2.24, 2.45) is 23.7 Å². The molecule has 11 nitrogen and oxygen atoms in total. The molecule has 288 valence electrons. The monoisotopic (exact) mass is 907 g/mol. The second-order valence-electron chi connectivity index (χ2n) is 14.5. The van der Waals surface area contributed by atoms with Crippen LogP contribution in [0.3, 0.4) is 0 Å². The lowest BCUT2D eigenvalue weighted by atomic mass is 9.49. The number of amides is 4. The quantitative estimate of drug-likeness (QED) is 0.0899. The number of phenolic OH excluding ortho intramolecular Hbond substituents is 2. The Morgan fingerprint density at radius 1 is 0.875 bits per heavy atom. The van der Waals surface area contributed by atoms with Crippen molar-refractivity contribution in [3.8, 4) is 23.0 Å². The summed E-state index contributed by atoms with van der Waals surface area (Å²) < 4.78 is 11.6. The zero-order valence-corrected chi connectivity index (χ0v) is 33.8. The number of allylic oxidation sites excluding steroid dienone is 2. The first-order chi connectivity index (χ1) is 26.9. The smallest absolute Gasteiger partial charge is 0.260 e. The number of nitrogens with zero attached hydrogens (tertiary/aromatic N) is 2. The fraction of sp³-hybridized carbons (Fsp3) is 0.286. The van der Waals surface area contributed by atoms with Gasteiger partial charge in [0.1, 0.15) is 11.5 Å². The zero-order valence-electron chi connectivity index (χ0n) is 30.2. The van der Waals surface area contributed by atoms with Gasteiger partial charge in [-0.25, -0.2) is 0 Å². The average Bonchev–Trinajstić information content (AvgIpc) is 3.56. The van der Waals surface area contributed by atoms with Gasteiger partial charge < -0.3 is 19.7 Å². The number of carbonyl (C=O) groups excluding carboxylic acids is 4. The lowest BCUT2D eigenvalue weighted by Gasteiger charge is -2.50. The third-order valence-electron chi connectivity index (χ3n) is 11.8. The minimum Gasteiger partial charge on any atom is -0.508 e. The first kappa shape index (κ1) is 38.1. The van der Waals surface area contributed by atoms with E-state index in [1.807, 2.05) is 28.7 Å². The molecule has 0 aromatic heterocycles. The van der Waals surface area contributed by atoms with Crippen LogP contribution in [-0.2, 0) is 31.0 Å². The normalized spacial score (nSPS) is 25.4. The number of phenols is 2. The molecule has 0 radical (unpaired) electrons. The second-order valence-corrected chi connectivity index (χ2v) is 16.5. The number of hydrogen-bond donors (Lipinski definition) is 3. The molecular formula is C42H36Cl2IN3O8. The highest BCUT2D eigenvalue weighted by atomic mass is 127. The van der Waals surface area contributed by atoms with E-state index in [4.69, 9.17) is 32.7 Å². The molecule has 3 N–H and O–H groups in total. The number of benzene rings is 4. The van der Waals surface area contributed by atoms with E-state index in [-0.39, 0.29) is 59.2 Å². The van der Waals surface area contributed by atoms with Gasteiger partial charge in [0.25, 0.3) is 11.8 Å². The number of rotatable bonds is 9. The van der Waals surface area contributed by atoms with Gasteiger partial charge in [-0.15, -0.1) is 0 Å². The summed E-state index contributed by atoms with van der Waals surface area (Å²) >= 11 is 14.8. The van der Waals surface area contributed by atoms with E-state index in [9.17, 15) is 24.6 Å². The number of anilines is 1. The van der Waals surface area contributed by atoms with Crippen LogP contribution in [0.1, 0.15) is 35.4 Å². The Morgan fingerprint density at radius 2 is 1.61 bits per heavy atom. The number of fused-ring (bicyclic) bond motifs is 4. The molecule has 4 aromatic rings. The van der Waals surface area contributed by atoms with Crippen molar-refractivity contribution in [3.05, 3.63) is 121 Å². The molecule has 8 rings (SSSR count). The van der Waals surface area contributed by atoms with Gasteiger partial charge in [-0.1, -0.05) is 59.1 Å². The Hall–Kier alpha value is -4.79. The van der Waals surface area contributed by atoms with Gasteiger partial charge >= 0.3 is 0 Å². The van der Waals surface area contributed by atoms with Crippen LogP contribution in [0.5, 0.6) is 23.0 Å². The van der Waals surface area contributed by atoms with Gasteiger partial charge in [-0.2, -0.15) is 5.01 Å². The lowest BCUT2D eigenvalue weighted by Crippen LogP contribution is -2.53. The van der Waals surface area contributed by atoms with Crippen LogP contribution >= 0.6 is 45.8 Å². The van der Waals surface area contributed by atoms with Crippen molar-refractivity contribution >= 4 is 75.1 Å². The van der Waals surface area contributed by atoms with E-state index in [0.717, 1.165) is 16.1 Å². The van der Waals surface area contributed by atoms with Crippen molar-refractivity contribution in [2.45, 2.75) is 30.6 Å². The molecule has 6 atom stereocenters. The van der Waals surface area contributed by atoms with Crippen molar-refractivity contribution in [1.29, 1.82) is 0 Å². The van der Waals surface area contributed by atoms with Crippen LogP contribution in [0.4, 0.5) is 5.69 Å². The summed E-state index contributed by atoms with van der Waals surface area (Å²) in [6, 6.07) is 21.8. The Labute approximate surface area is 346 Å². The second kappa shape index (κ2) is 14.6. The highest BCUT2D eigenvalue weighted by Gasteiger charge is 2.70. The van der Waals surface area contributed by atoms with Crippen molar-refractivity contribution in [1.82, 2.24) is 9.91 Å². The Morgan fingerprint density at radius 3 is 2.29 bits per heavy atom. The minimum absolute atomic E-state index is 0.0766. The molecule has 1 saturated carbocycles. The molecule has 2 heterocycles. The van der Waals surface area contributed by atoms with Crippen molar-refractivity contribution in [2.75, 3.05) is 26.2 Å². The van der Waals surface area contributed by atoms with Crippen LogP contribution < -0.4 is 14.9 Å². The van der Waals surface area contributed by atoms with E-state index in [1.165, 1.54) is 25.2 Å². The predicted molar refractivity (Wildman–Crippen MR) is 217 cm³/mol. The van der Waals surface area contributed by atoms with E-state index < -0.39 is 46.8 Å². The van der Waals surface area contributed by atoms with Gasteiger partial charge in [0.2, 0.25) is 11.8 Å².